The van der Waals surface area contributed by atoms with Crippen LogP contribution in [-0.2, 0) is 12.8 Å². The van der Waals surface area contributed by atoms with Crippen molar-refractivity contribution >= 4 is 74.4 Å². The van der Waals surface area contributed by atoms with Gasteiger partial charge in [-0.05, 0) is 288 Å². The Kier molecular flexibility index (Phi) is 25.7. The second-order valence-electron chi connectivity index (χ2n) is 36.8. The van der Waals surface area contributed by atoms with Gasteiger partial charge in [0.25, 0.3) is 17.7 Å². The van der Waals surface area contributed by atoms with Crippen molar-refractivity contribution in [2.24, 2.45) is 0 Å². The Morgan fingerprint density at radius 3 is 1.10 bits per heavy atom. The molecule has 646 valence electrons. The van der Waals surface area contributed by atoms with E-state index in [9.17, 15) is 29.7 Å². The maximum absolute atomic E-state index is 13.3. The molecular formula is C99H124N18O6. The molecule has 3 amide bonds. The zero-order valence-corrected chi connectivity index (χ0v) is 73.1. The Morgan fingerprint density at radius 1 is 0.415 bits per heavy atom. The van der Waals surface area contributed by atoms with Crippen LogP contribution in [0.2, 0.25) is 0 Å². The number of rotatable bonds is 18. The topological polar surface area (TPSA) is 279 Å². The number of likely N-dealkylation sites (tertiary alicyclic amines) is 3. The van der Waals surface area contributed by atoms with Crippen LogP contribution in [0.5, 0.6) is 0 Å². The molecule has 11 heterocycles. The van der Waals surface area contributed by atoms with Crippen molar-refractivity contribution in [2.75, 3.05) is 74.2 Å². The number of aliphatic hydroxyl groups is 3. The van der Waals surface area contributed by atoms with Crippen LogP contribution >= 0.6 is 0 Å². The molecular weight excluding hydrogens is 1540 g/mol. The van der Waals surface area contributed by atoms with E-state index in [-0.39, 0.29) is 48.1 Å². The SMILES string of the molecule is CCC[C@H](C)Nc1ncc2c(C3CCN(C(=O)c4ccc(N(C)C)cc4)CC3)cn(C3CCC(O)CC3)c2n1.Cc1cc(C(=O)N2CCC(c3cn(C4CCC(O)CC4)c4nc(N[C@@H]5CCc6ccccc65)ncc34)CC2)cc(C)n1.Cc1cc(C(=O)N2CCC(c3cn(C4CCC(O)CC4)c4nc(N[C@H]5CCc6ccccc65)ncc34)CC2)cc(C)n1. The van der Waals surface area contributed by atoms with Gasteiger partial charge in [-0.1, -0.05) is 61.9 Å². The molecule has 3 saturated heterocycles. The van der Waals surface area contributed by atoms with E-state index in [2.05, 4.69) is 121 Å². The van der Waals surface area contributed by atoms with Crippen molar-refractivity contribution in [3.05, 3.63) is 213 Å². The van der Waals surface area contributed by atoms with E-state index < -0.39 is 0 Å². The number of anilines is 4. The van der Waals surface area contributed by atoms with Gasteiger partial charge in [-0.2, -0.15) is 15.0 Å². The van der Waals surface area contributed by atoms with Crippen molar-refractivity contribution in [1.82, 2.24) is 68.3 Å². The van der Waals surface area contributed by atoms with Gasteiger partial charge in [0.2, 0.25) is 17.8 Å². The second-order valence-corrected chi connectivity index (χ2v) is 36.8. The summed E-state index contributed by atoms with van der Waals surface area (Å²) in [5.41, 5.74) is 19.1. The molecule has 3 saturated carbocycles. The Morgan fingerprint density at radius 2 is 0.748 bits per heavy atom. The molecule has 24 heteroatoms. The number of hydrogen-bond acceptors (Lipinski definition) is 18. The molecule has 5 aliphatic carbocycles. The maximum atomic E-state index is 13.3. The fourth-order valence-corrected chi connectivity index (χ4v) is 21.2. The number of pyridine rings is 2. The number of fused-ring (bicyclic) bond motifs is 5. The lowest BCUT2D eigenvalue weighted by Crippen LogP contribution is -2.38. The van der Waals surface area contributed by atoms with Crippen LogP contribution < -0.4 is 20.9 Å². The van der Waals surface area contributed by atoms with Crippen LogP contribution in [0.15, 0.2) is 134 Å². The monoisotopic (exact) mass is 1660 g/mol. The molecule has 3 aromatic carbocycles. The highest BCUT2D eigenvalue weighted by Crippen LogP contribution is 2.45. The number of amides is 3. The van der Waals surface area contributed by atoms with E-state index in [0.717, 1.165) is 272 Å². The fourth-order valence-electron chi connectivity index (χ4n) is 21.2. The summed E-state index contributed by atoms with van der Waals surface area (Å²) in [4.78, 5) is 86.3. The van der Waals surface area contributed by atoms with Crippen molar-refractivity contribution in [3.63, 3.8) is 0 Å². The third-order valence-corrected chi connectivity index (χ3v) is 27.9. The molecule has 8 aromatic heterocycles. The number of nitrogens with one attached hydrogen (secondary N) is 3. The van der Waals surface area contributed by atoms with Crippen LogP contribution in [-0.4, -0.2) is 179 Å². The van der Waals surface area contributed by atoms with Crippen LogP contribution in [0.4, 0.5) is 23.5 Å². The third-order valence-electron chi connectivity index (χ3n) is 27.9. The number of piperidine rings is 3. The molecule has 11 aromatic rings. The zero-order valence-electron chi connectivity index (χ0n) is 73.1. The fraction of sp³-hybridized carbons (Fsp3) is 0.505. The molecule has 3 aliphatic heterocycles. The second kappa shape index (κ2) is 37.4. The molecule has 3 atom stereocenters. The average Bonchev–Trinajstić information content (AvgIpc) is 1.62. The summed E-state index contributed by atoms with van der Waals surface area (Å²) in [5.74, 6) is 3.39. The highest BCUT2D eigenvalue weighted by atomic mass is 16.3. The van der Waals surface area contributed by atoms with Crippen molar-refractivity contribution in [1.29, 1.82) is 0 Å². The molecule has 123 heavy (non-hydrogen) atoms. The van der Waals surface area contributed by atoms with Gasteiger partial charge in [0, 0.05) is 176 Å². The van der Waals surface area contributed by atoms with E-state index in [1.165, 1.54) is 38.9 Å². The van der Waals surface area contributed by atoms with Crippen LogP contribution in [0.25, 0.3) is 33.1 Å². The van der Waals surface area contributed by atoms with Gasteiger partial charge >= 0.3 is 0 Å². The van der Waals surface area contributed by atoms with Gasteiger partial charge in [0.15, 0.2) is 0 Å². The highest BCUT2D eigenvalue weighted by Gasteiger charge is 2.36. The first-order valence-electron chi connectivity index (χ1n) is 45.9. The molecule has 0 unspecified atom stereocenters. The predicted molar refractivity (Wildman–Crippen MR) is 485 cm³/mol. The van der Waals surface area contributed by atoms with Crippen LogP contribution in [0.1, 0.15) is 296 Å². The molecule has 8 aliphatic rings. The molecule has 19 rings (SSSR count). The number of hydrogen-bond donors (Lipinski definition) is 6. The molecule has 6 fully saturated rings. The molecule has 0 bridgehead atoms. The summed E-state index contributed by atoms with van der Waals surface area (Å²) in [5, 5.41) is 44.6. The smallest absolute Gasteiger partial charge is 0.253 e. The standard InChI is InChI=1S/2C34H40N6O2.C31H44N6O2/c2*1-21-17-25(18-22(2)36-21)33(42)39-15-13-24(14-16-39)30-20-40(26-8-10-27(41)11-9-26)32-29(30)19-35-34(38-32)37-31-12-7-23-5-3-4-6-28(23)31;1-5-6-21(2)33-31-32-19-27-28(20-37(29(27)34-31)25-11-13-26(38)14-12-25)22-15-17-36(18-16-22)30(39)23-7-9-24(10-8-23)35(3)4/h2*3-6,17-20,24,26-27,31,41H,7-16H2,1-2H3,(H,35,37,38);7-10,19-22,25-26,38H,5-6,11-18H2,1-4H3,(H,32,33,34)/t2*26?,27?,31-;21-,25?,26?/m100/s1. The molecule has 0 spiro atoms. The summed E-state index contributed by atoms with van der Waals surface area (Å²) < 4.78 is 7.09. The first-order chi connectivity index (χ1) is 59.7. The van der Waals surface area contributed by atoms with Crippen molar-refractivity contribution in [2.45, 2.75) is 268 Å². The lowest BCUT2D eigenvalue weighted by molar-refractivity contribution is 0.0705. The van der Waals surface area contributed by atoms with Gasteiger partial charge in [-0.3, -0.25) is 24.4 Å². The first-order valence-corrected chi connectivity index (χ1v) is 45.9. The minimum atomic E-state index is -0.202. The summed E-state index contributed by atoms with van der Waals surface area (Å²) in [7, 11) is 4.01. The van der Waals surface area contributed by atoms with E-state index in [0.29, 0.717) is 59.8 Å². The lowest BCUT2D eigenvalue weighted by atomic mass is 9.89. The van der Waals surface area contributed by atoms with Gasteiger partial charge in [0.1, 0.15) is 16.9 Å². The summed E-state index contributed by atoms with van der Waals surface area (Å²) in [6.07, 6.45) is 35.0. The van der Waals surface area contributed by atoms with Gasteiger partial charge in [0.05, 0.1) is 30.4 Å². The minimum absolute atomic E-state index is 0.0952. The number of aromatic nitrogens is 11. The summed E-state index contributed by atoms with van der Waals surface area (Å²) >= 11 is 0. The minimum Gasteiger partial charge on any atom is -0.393 e. The molecule has 24 nitrogen and oxygen atoms in total. The number of aliphatic hydroxyl groups excluding tert-OH is 3. The summed E-state index contributed by atoms with van der Waals surface area (Å²) in [6, 6.07) is 34.5. The van der Waals surface area contributed by atoms with E-state index in [4.69, 9.17) is 29.9 Å². The maximum Gasteiger partial charge on any atom is 0.253 e. The Bertz CT molecular complexity index is 5270. The van der Waals surface area contributed by atoms with Crippen molar-refractivity contribution < 1.29 is 29.7 Å². The number of benzene rings is 3. The van der Waals surface area contributed by atoms with E-state index in [1.54, 1.807) is 0 Å². The number of aryl methyl sites for hydroxylation is 6. The largest absolute Gasteiger partial charge is 0.393 e. The Hall–Kier alpha value is -10.7. The normalized spacial score (nSPS) is 22.3. The zero-order chi connectivity index (χ0) is 85.1. The quantitative estimate of drug-likeness (QED) is 0.0466. The molecule has 6 N–H and O–H groups in total. The Labute approximate surface area is 723 Å². The van der Waals surface area contributed by atoms with Crippen LogP contribution in [0.3, 0.4) is 0 Å². The van der Waals surface area contributed by atoms with Gasteiger partial charge in [-0.25, -0.2) is 15.0 Å². The lowest BCUT2D eigenvalue weighted by Gasteiger charge is -2.32. The van der Waals surface area contributed by atoms with E-state index >= 15 is 0 Å². The highest BCUT2D eigenvalue weighted by molar-refractivity contribution is 5.96. The number of carbonyl (C=O) groups excluding carboxylic acids is 3. The molecule has 0 radical (unpaired) electrons. The Balaban J connectivity index is 0.000000131. The first kappa shape index (κ1) is 84.5. The third kappa shape index (κ3) is 18.9. The van der Waals surface area contributed by atoms with Crippen LogP contribution in [0, 0.1) is 27.7 Å². The average molecular weight is 1660 g/mol. The van der Waals surface area contributed by atoms with Crippen molar-refractivity contribution in [3.8, 4) is 0 Å². The number of carbonyl (C=O) groups is 3. The number of nitrogens with zero attached hydrogens (tertiary/aromatic N) is 15. The van der Waals surface area contributed by atoms with E-state index in [1.807, 2.05) is 129 Å². The summed E-state index contributed by atoms with van der Waals surface area (Å²) in [6.45, 7) is 16.5. The van der Waals surface area contributed by atoms with Gasteiger partial charge in [-0.15, -0.1) is 0 Å². The predicted octanol–water partition coefficient (Wildman–Crippen LogP) is 17.7. The van der Waals surface area contributed by atoms with Gasteiger partial charge < -0.3 is 64.6 Å².